The van der Waals surface area contributed by atoms with Crippen molar-refractivity contribution in [3.8, 4) is 0 Å². The molecule has 7 heteroatoms. The fourth-order valence-corrected chi connectivity index (χ4v) is 4.17. The number of thioether (sulfide) groups is 1. The van der Waals surface area contributed by atoms with Gasteiger partial charge >= 0.3 is 0 Å². The van der Waals surface area contributed by atoms with Crippen LogP contribution in [-0.4, -0.2) is 29.7 Å². The molecule has 0 unspecified atom stereocenters. The van der Waals surface area contributed by atoms with Gasteiger partial charge in [-0.3, -0.25) is 4.79 Å². The highest BCUT2D eigenvalue weighted by atomic mass is 32.2. The third kappa shape index (κ3) is 4.76. The number of nitrogens with zero attached hydrogens (tertiary/aromatic N) is 1. The minimum absolute atomic E-state index is 0.0921. The van der Waals surface area contributed by atoms with E-state index >= 15 is 0 Å². The van der Waals surface area contributed by atoms with Crippen LogP contribution in [-0.2, 0) is 4.79 Å². The molecule has 0 radical (unpaired) electrons. The van der Waals surface area contributed by atoms with Crippen molar-refractivity contribution in [2.24, 2.45) is 0 Å². The van der Waals surface area contributed by atoms with E-state index in [9.17, 15) is 9.18 Å². The van der Waals surface area contributed by atoms with Crippen molar-refractivity contribution in [2.75, 3.05) is 24.2 Å². The first-order valence-corrected chi connectivity index (χ1v) is 9.35. The number of benzene rings is 1. The Morgan fingerprint density at radius 1 is 1.35 bits per heavy atom. The first-order chi connectivity index (χ1) is 11.2. The summed E-state index contributed by atoms with van der Waals surface area (Å²) in [6.07, 6.45) is 4.12. The average Bonchev–Trinajstić information content (AvgIpc) is 3.04. The normalized spacial score (nSPS) is 15.5. The molecular weight excluding hydrogens is 333 g/mol. The molecule has 2 N–H and O–H groups in total. The van der Waals surface area contributed by atoms with E-state index in [0.717, 1.165) is 30.8 Å². The van der Waals surface area contributed by atoms with Gasteiger partial charge in [-0.05, 0) is 56.1 Å². The van der Waals surface area contributed by atoms with Crippen molar-refractivity contribution in [3.05, 3.63) is 41.2 Å². The monoisotopic (exact) mass is 351 g/mol. The maximum absolute atomic E-state index is 12.8. The minimum atomic E-state index is -0.271. The van der Waals surface area contributed by atoms with Crippen molar-refractivity contribution in [2.45, 2.75) is 23.7 Å². The molecule has 0 aliphatic carbocycles. The molecule has 1 amide bonds. The van der Waals surface area contributed by atoms with E-state index in [0.29, 0.717) is 11.0 Å². The summed E-state index contributed by atoms with van der Waals surface area (Å²) in [6.45, 7) is 2.08. The Labute approximate surface area is 142 Å². The number of nitrogens with one attached hydrogen (secondary N) is 2. The fraction of sp³-hybridized carbons (Fsp3) is 0.375. The van der Waals surface area contributed by atoms with E-state index in [-0.39, 0.29) is 17.5 Å². The molecule has 2 aromatic rings. The van der Waals surface area contributed by atoms with Gasteiger partial charge in [0.05, 0.1) is 5.75 Å². The van der Waals surface area contributed by atoms with Crippen LogP contribution in [0, 0.1) is 5.82 Å². The van der Waals surface area contributed by atoms with Crippen LogP contribution in [0.25, 0.3) is 0 Å². The summed E-state index contributed by atoms with van der Waals surface area (Å²) in [6, 6.07) is 6.14. The van der Waals surface area contributed by atoms with Gasteiger partial charge in [0, 0.05) is 16.0 Å². The molecule has 1 aliphatic rings. The average molecular weight is 351 g/mol. The maximum Gasteiger partial charge on any atom is 0.236 e. The third-order valence-electron chi connectivity index (χ3n) is 3.70. The molecule has 3 rings (SSSR count). The molecule has 1 aromatic carbocycles. The molecule has 1 aromatic heterocycles. The van der Waals surface area contributed by atoms with Gasteiger partial charge in [0.1, 0.15) is 5.82 Å². The second-order valence-corrected chi connectivity index (χ2v) is 7.49. The molecule has 2 heterocycles. The van der Waals surface area contributed by atoms with E-state index in [1.165, 1.54) is 28.8 Å². The van der Waals surface area contributed by atoms with E-state index in [4.69, 9.17) is 0 Å². The second-order valence-electron chi connectivity index (χ2n) is 5.38. The second kappa shape index (κ2) is 7.90. The Hall–Kier alpha value is -1.44. The van der Waals surface area contributed by atoms with Crippen molar-refractivity contribution in [1.82, 2.24) is 10.3 Å². The summed E-state index contributed by atoms with van der Waals surface area (Å²) < 4.78 is 12.8. The molecule has 0 bridgehead atoms. The zero-order chi connectivity index (χ0) is 16.1. The number of aromatic nitrogens is 1. The van der Waals surface area contributed by atoms with Crippen molar-refractivity contribution in [1.29, 1.82) is 0 Å². The third-order valence-corrected chi connectivity index (χ3v) is 5.78. The minimum Gasteiger partial charge on any atom is -0.317 e. The van der Waals surface area contributed by atoms with Crippen LogP contribution in [0.15, 0.2) is 35.4 Å². The van der Waals surface area contributed by atoms with Gasteiger partial charge in [0.15, 0.2) is 5.13 Å². The van der Waals surface area contributed by atoms with Crippen LogP contribution in [0.5, 0.6) is 0 Å². The quantitative estimate of drug-likeness (QED) is 0.810. The number of hydrogen-bond donors (Lipinski definition) is 2. The number of hydrogen-bond acceptors (Lipinski definition) is 5. The van der Waals surface area contributed by atoms with E-state index < -0.39 is 0 Å². The maximum atomic E-state index is 12.8. The van der Waals surface area contributed by atoms with Gasteiger partial charge in [-0.25, -0.2) is 9.37 Å². The van der Waals surface area contributed by atoms with Gasteiger partial charge in [0.25, 0.3) is 0 Å². The van der Waals surface area contributed by atoms with Crippen LogP contribution in [0.1, 0.15) is 23.6 Å². The predicted octanol–water partition coefficient (Wildman–Crippen LogP) is 3.48. The highest BCUT2D eigenvalue weighted by Crippen LogP contribution is 2.31. The summed E-state index contributed by atoms with van der Waals surface area (Å²) in [5.74, 6) is 0.471. The van der Waals surface area contributed by atoms with Crippen LogP contribution < -0.4 is 10.6 Å². The van der Waals surface area contributed by atoms with E-state index in [1.807, 2.05) is 6.20 Å². The summed E-state index contributed by atoms with van der Waals surface area (Å²) in [5, 5.41) is 6.84. The molecule has 1 aliphatic heterocycles. The largest absolute Gasteiger partial charge is 0.317 e. The van der Waals surface area contributed by atoms with Crippen LogP contribution in [0.2, 0.25) is 0 Å². The number of carbonyl (C=O) groups is 1. The number of rotatable bonds is 5. The summed E-state index contributed by atoms with van der Waals surface area (Å²) in [5.41, 5.74) is 0. The lowest BCUT2D eigenvalue weighted by Gasteiger charge is -2.20. The number of anilines is 1. The standard InChI is InChI=1S/C16H18FN3OS2/c17-12-1-3-13(4-2-12)22-10-15(21)20-16-19-9-14(23-16)11-5-7-18-8-6-11/h1-4,9,11,18H,5-8,10H2,(H,19,20,21). The summed E-state index contributed by atoms with van der Waals surface area (Å²) >= 11 is 2.94. The van der Waals surface area contributed by atoms with Gasteiger partial charge in [-0.1, -0.05) is 0 Å². The molecule has 1 saturated heterocycles. The zero-order valence-electron chi connectivity index (χ0n) is 12.5. The number of carbonyl (C=O) groups excluding carboxylic acids is 1. The van der Waals surface area contributed by atoms with Gasteiger partial charge in [0.2, 0.25) is 5.91 Å². The smallest absolute Gasteiger partial charge is 0.236 e. The van der Waals surface area contributed by atoms with Crippen molar-refractivity contribution < 1.29 is 9.18 Å². The summed E-state index contributed by atoms with van der Waals surface area (Å²) in [7, 11) is 0. The summed E-state index contributed by atoms with van der Waals surface area (Å²) in [4.78, 5) is 18.4. The Morgan fingerprint density at radius 2 is 2.09 bits per heavy atom. The first-order valence-electron chi connectivity index (χ1n) is 7.55. The Balaban J connectivity index is 1.49. The lowest BCUT2D eigenvalue weighted by molar-refractivity contribution is -0.113. The Morgan fingerprint density at radius 3 is 2.83 bits per heavy atom. The molecule has 23 heavy (non-hydrogen) atoms. The lowest BCUT2D eigenvalue weighted by Crippen LogP contribution is -2.26. The topological polar surface area (TPSA) is 54.0 Å². The number of amides is 1. The molecule has 4 nitrogen and oxygen atoms in total. The van der Waals surface area contributed by atoms with Gasteiger partial charge < -0.3 is 10.6 Å². The van der Waals surface area contributed by atoms with E-state index in [1.54, 1.807) is 23.5 Å². The number of halogens is 1. The highest BCUT2D eigenvalue weighted by Gasteiger charge is 2.18. The van der Waals surface area contributed by atoms with Crippen LogP contribution in [0.3, 0.4) is 0 Å². The van der Waals surface area contributed by atoms with Crippen molar-refractivity contribution in [3.63, 3.8) is 0 Å². The zero-order valence-corrected chi connectivity index (χ0v) is 14.2. The van der Waals surface area contributed by atoms with Gasteiger partial charge in [-0.15, -0.1) is 23.1 Å². The van der Waals surface area contributed by atoms with Crippen LogP contribution >= 0.6 is 23.1 Å². The number of thiazole rings is 1. The van der Waals surface area contributed by atoms with E-state index in [2.05, 4.69) is 15.6 Å². The SMILES string of the molecule is O=C(CSc1ccc(F)cc1)Nc1ncc(C2CCNCC2)s1. The first kappa shape index (κ1) is 16.4. The Bertz CT molecular complexity index is 654. The predicted molar refractivity (Wildman–Crippen MR) is 92.7 cm³/mol. The highest BCUT2D eigenvalue weighted by molar-refractivity contribution is 8.00. The molecule has 0 atom stereocenters. The Kier molecular flexibility index (Phi) is 5.64. The molecular formula is C16H18FN3OS2. The molecule has 1 fully saturated rings. The number of piperidine rings is 1. The van der Waals surface area contributed by atoms with Crippen molar-refractivity contribution >= 4 is 34.1 Å². The molecule has 122 valence electrons. The lowest BCUT2D eigenvalue weighted by atomic mass is 9.97. The molecule has 0 spiro atoms. The molecule has 0 saturated carbocycles. The van der Waals surface area contributed by atoms with Crippen LogP contribution in [0.4, 0.5) is 9.52 Å². The fourth-order valence-electron chi connectivity index (χ4n) is 2.47. The van der Waals surface area contributed by atoms with Gasteiger partial charge in [-0.2, -0.15) is 0 Å².